The van der Waals surface area contributed by atoms with Crippen molar-refractivity contribution in [2.24, 2.45) is 0 Å². The molecule has 0 atom stereocenters. The van der Waals surface area contributed by atoms with Crippen molar-refractivity contribution in [3.63, 3.8) is 0 Å². The fourth-order valence-corrected chi connectivity index (χ4v) is 2.93. The zero-order chi connectivity index (χ0) is 21.7. The minimum atomic E-state index is -0.871. The van der Waals surface area contributed by atoms with E-state index in [0.717, 1.165) is 5.56 Å². The van der Waals surface area contributed by atoms with Gasteiger partial charge in [0.2, 0.25) is 0 Å². The zero-order valence-corrected chi connectivity index (χ0v) is 17.6. The maximum Gasteiger partial charge on any atom is 0.519 e. The van der Waals surface area contributed by atoms with E-state index >= 15 is 0 Å². The molecule has 5 nitrogen and oxygen atoms in total. The number of benzene rings is 3. The molecule has 5 heteroatoms. The van der Waals surface area contributed by atoms with Crippen LogP contribution in [0.25, 0.3) is 0 Å². The Bertz CT molecular complexity index is 1020. The molecular formula is C25H25NO4. The predicted molar refractivity (Wildman–Crippen MR) is 117 cm³/mol. The van der Waals surface area contributed by atoms with Crippen LogP contribution < -0.4 is 14.4 Å². The van der Waals surface area contributed by atoms with E-state index in [1.807, 2.05) is 30.3 Å². The molecule has 154 valence electrons. The summed E-state index contributed by atoms with van der Waals surface area (Å²) in [7, 11) is 1.64. The van der Waals surface area contributed by atoms with Crippen LogP contribution in [0.5, 0.6) is 11.5 Å². The van der Waals surface area contributed by atoms with Gasteiger partial charge in [-0.1, -0.05) is 63.2 Å². The van der Waals surface area contributed by atoms with Crippen molar-refractivity contribution in [1.29, 1.82) is 0 Å². The molecule has 0 aromatic heterocycles. The molecule has 0 saturated heterocycles. The second-order valence-electron chi connectivity index (χ2n) is 7.93. The summed E-state index contributed by atoms with van der Waals surface area (Å²) in [4.78, 5) is 26.6. The Hall–Kier alpha value is -3.60. The third-order valence-electron chi connectivity index (χ3n) is 4.67. The summed E-state index contributed by atoms with van der Waals surface area (Å²) >= 11 is 0. The first-order valence-corrected chi connectivity index (χ1v) is 9.68. The van der Waals surface area contributed by atoms with Crippen LogP contribution in [0.15, 0.2) is 78.9 Å². The summed E-state index contributed by atoms with van der Waals surface area (Å²) in [6.07, 6.45) is -0.871. The van der Waals surface area contributed by atoms with Gasteiger partial charge in [-0.15, -0.1) is 0 Å². The number of amides is 1. The number of hydrogen-bond acceptors (Lipinski definition) is 4. The molecule has 0 aliphatic carbocycles. The summed E-state index contributed by atoms with van der Waals surface area (Å²) in [5.74, 6) is 0.409. The van der Waals surface area contributed by atoms with E-state index in [-0.39, 0.29) is 17.1 Å². The Kier molecular flexibility index (Phi) is 6.21. The average Bonchev–Trinajstić information content (AvgIpc) is 2.73. The summed E-state index contributed by atoms with van der Waals surface area (Å²) in [5, 5.41) is 0. The third-order valence-corrected chi connectivity index (χ3v) is 4.67. The summed E-state index contributed by atoms with van der Waals surface area (Å²) in [6, 6.07) is 23.0. The van der Waals surface area contributed by atoms with Crippen molar-refractivity contribution in [3.8, 4) is 11.5 Å². The van der Waals surface area contributed by atoms with E-state index in [1.165, 1.54) is 4.90 Å². The largest absolute Gasteiger partial charge is 0.519 e. The summed E-state index contributed by atoms with van der Waals surface area (Å²) < 4.78 is 10.5. The monoisotopic (exact) mass is 403 g/mol. The van der Waals surface area contributed by atoms with E-state index in [0.29, 0.717) is 17.0 Å². The van der Waals surface area contributed by atoms with Crippen LogP contribution >= 0.6 is 0 Å². The van der Waals surface area contributed by atoms with Gasteiger partial charge in [-0.2, -0.15) is 0 Å². The van der Waals surface area contributed by atoms with E-state index in [4.69, 9.17) is 9.47 Å². The van der Waals surface area contributed by atoms with Gasteiger partial charge in [-0.05, 0) is 47.4 Å². The molecule has 0 radical (unpaired) electrons. The maximum absolute atomic E-state index is 13.0. The molecule has 0 N–H and O–H groups in total. The van der Waals surface area contributed by atoms with Crippen LogP contribution in [-0.2, 0) is 5.41 Å². The molecule has 0 aliphatic rings. The molecule has 0 aliphatic heterocycles. The molecule has 3 aromatic rings. The molecule has 0 unspecified atom stereocenters. The Morgan fingerprint density at radius 1 is 0.767 bits per heavy atom. The van der Waals surface area contributed by atoms with Crippen molar-refractivity contribution < 1.29 is 19.1 Å². The Labute approximate surface area is 176 Å². The van der Waals surface area contributed by atoms with E-state index in [2.05, 4.69) is 20.8 Å². The first-order chi connectivity index (χ1) is 14.3. The number of carbonyl (C=O) groups excluding carboxylic acids is 2. The lowest BCUT2D eigenvalue weighted by Crippen LogP contribution is -2.27. The SMILES string of the molecule is CN(C(=O)c1ccc(C(C)(C)C)cc1)c1ccccc1OC(=O)Oc1ccccc1. The van der Waals surface area contributed by atoms with Crippen LogP contribution in [0.4, 0.5) is 10.5 Å². The highest BCUT2D eigenvalue weighted by Gasteiger charge is 2.20. The molecule has 0 fully saturated rings. The van der Waals surface area contributed by atoms with Crippen molar-refractivity contribution >= 4 is 17.7 Å². The summed E-state index contributed by atoms with van der Waals surface area (Å²) in [6.45, 7) is 6.37. The normalized spacial score (nSPS) is 10.9. The zero-order valence-electron chi connectivity index (χ0n) is 17.6. The van der Waals surface area contributed by atoms with Crippen LogP contribution in [0.1, 0.15) is 36.7 Å². The number of ether oxygens (including phenoxy) is 2. The smallest absolute Gasteiger partial charge is 0.395 e. The van der Waals surface area contributed by atoms with Crippen molar-refractivity contribution in [2.75, 3.05) is 11.9 Å². The van der Waals surface area contributed by atoms with Gasteiger partial charge in [0.1, 0.15) is 5.75 Å². The third kappa shape index (κ3) is 5.06. The average molecular weight is 403 g/mol. The second-order valence-corrected chi connectivity index (χ2v) is 7.93. The van der Waals surface area contributed by atoms with Crippen molar-refractivity contribution in [1.82, 2.24) is 0 Å². The molecule has 0 bridgehead atoms. The fraction of sp³-hybridized carbons (Fsp3) is 0.200. The Morgan fingerprint density at radius 3 is 2.00 bits per heavy atom. The summed E-state index contributed by atoms with van der Waals surface area (Å²) in [5.41, 5.74) is 2.17. The van der Waals surface area contributed by atoms with Gasteiger partial charge in [-0.3, -0.25) is 4.79 Å². The van der Waals surface area contributed by atoms with Crippen molar-refractivity contribution in [3.05, 3.63) is 90.0 Å². The standard InChI is InChI=1S/C25H25NO4/c1-25(2,3)19-16-14-18(15-17-19)23(27)26(4)21-12-8-9-13-22(21)30-24(28)29-20-10-6-5-7-11-20/h5-17H,1-4H3. The molecule has 1 amide bonds. The molecular weight excluding hydrogens is 378 g/mol. The lowest BCUT2D eigenvalue weighted by Gasteiger charge is -2.22. The van der Waals surface area contributed by atoms with Gasteiger partial charge in [0.25, 0.3) is 5.91 Å². The molecule has 0 saturated carbocycles. The number of para-hydroxylation sites is 3. The minimum Gasteiger partial charge on any atom is -0.395 e. The predicted octanol–water partition coefficient (Wildman–Crippen LogP) is 5.84. The number of carbonyl (C=O) groups is 2. The van der Waals surface area contributed by atoms with Gasteiger partial charge < -0.3 is 14.4 Å². The molecule has 30 heavy (non-hydrogen) atoms. The van der Waals surface area contributed by atoms with E-state index in [1.54, 1.807) is 55.6 Å². The lowest BCUT2D eigenvalue weighted by atomic mass is 9.86. The molecule has 0 heterocycles. The highest BCUT2D eigenvalue weighted by molar-refractivity contribution is 6.06. The number of rotatable bonds is 4. The number of anilines is 1. The first kappa shape index (κ1) is 21.1. The van der Waals surface area contributed by atoms with Gasteiger partial charge in [0.15, 0.2) is 5.75 Å². The van der Waals surface area contributed by atoms with Crippen LogP contribution in [0, 0.1) is 0 Å². The molecule has 3 rings (SSSR count). The lowest BCUT2D eigenvalue weighted by molar-refractivity contribution is 0.0991. The fourth-order valence-electron chi connectivity index (χ4n) is 2.93. The highest BCUT2D eigenvalue weighted by Crippen LogP contribution is 2.29. The topological polar surface area (TPSA) is 55.8 Å². The van der Waals surface area contributed by atoms with Gasteiger partial charge in [-0.25, -0.2) is 4.79 Å². The molecule has 0 spiro atoms. The van der Waals surface area contributed by atoms with Gasteiger partial charge in [0.05, 0.1) is 5.69 Å². The molecule has 3 aromatic carbocycles. The Morgan fingerprint density at radius 2 is 1.37 bits per heavy atom. The number of nitrogens with zero attached hydrogens (tertiary/aromatic N) is 1. The van der Waals surface area contributed by atoms with E-state index < -0.39 is 6.16 Å². The quantitative estimate of drug-likeness (QED) is 0.406. The van der Waals surface area contributed by atoms with Crippen molar-refractivity contribution in [2.45, 2.75) is 26.2 Å². The first-order valence-electron chi connectivity index (χ1n) is 9.68. The van der Waals surface area contributed by atoms with Gasteiger partial charge in [0, 0.05) is 12.6 Å². The second kappa shape index (κ2) is 8.82. The van der Waals surface area contributed by atoms with Crippen LogP contribution in [-0.4, -0.2) is 19.1 Å². The highest BCUT2D eigenvalue weighted by atomic mass is 16.7. The number of hydrogen-bond donors (Lipinski definition) is 0. The minimum absolute atomic E-state index is 0.00698. The van der Waals surface area contributed by atoms with E-state index in [9.17, 15) is 9.59 Å². The van der Waals surface area contributed by atoms with Gasteiger partial charge >= 0.3 is 6.16 Å². The maximum atomic E-state index is 13.0. The Balaban J connectivity index is 1.77. The van der Waals surface area contributed by atoms with Crippen LogP contribution in [0.3, 0.4) is 0 Å². The van der Waals surface area contributed by atoms with Crippen LogP contribution in [0.2, 0.25) is 0 Å².